The first kappa shape index (κ1) is 14.9. The molecule has 0 amide bonds. The molecule has 98 valence electrons. The van der Waals surface area contributed by atoms with E-state index in [1.54, 1.807) is 38.1 Å². The predicted octanol–water partition coefficient (Wildman–Crippen LogP) is 2.78. The van der Waals surface area contributed by atoms with Crippen LogP contribution in [-0.4, -0.2) is 13.2 Å². The quantitative estimate of drug-likeness (QED) is 0.802. The SMILES string of the molecule is CCOP(=O)(OCC)[C@H](N)c1cccc(C#N)c1. The van der Waals surface area contributed by atoms with Crippen molar-refractivity contribution < 1.29 is 13.6 Å². The average Bonchev–Trinajstić information content (AvgIpc) is 2.38. The van der Waals surface area contributed by atoms with Crippen LogP contribution in [0.1, 0.15) is 30.8 Å². The number of nitrogens with two attached hydrogens (primary N) is 1. The van der Waals surface area contributed by atoms with Crippen molar-refractivity contribution in [2.75, 3.05) is 13.2 Å². The first-order valence-electron chi connectivity index (χ1n) is 5.71. The first-order valence-corrected chi connectivity index (χ1v) is 7.33. The standard InChI is InChI=1S/C12H17N2O3P/c1-3-16-18(15,17-4-2)12(14)11-7-5-6-10(8-11)9-13/h5-8,12H,3-4,14H2,1-2H3/t12-/m0/s1. The van der Waals surface area contributed by atoms with Crippen molar-refractivity contribution >= 4 is 7.60 Å². The van der Waals surface area contributed by atoms with Crippen molar-refractivity contribution in [1.29, 1.82) is 5.26 Å². The molecular formula is C12H17N2O3P. The van der Waals surface area contributed by atoms with Gasteiger partial charge in [-0.3, -0.25) is 4.57 Å². The minimum absolute atomic E-state index is 0.253. The Morgan fingerprint density at radius 3 is 2.50 bits per heavy atom. The van der Waals surface area contributed by atoms with Gasteiger partial charge in [0, 0.05) is 0 Å². The second-order valence-corrected chi connectivity index (χ2v) is 5.71. The lowest BCUT2D eigenvalue weighted by atomic mass is 10.1. The van der Waals surface area contributed by atoms with Crippen LogP contribution in [0.5, 0.6) is 0 Å². The van der Waals surface area contributed by atoms with Crippen molar-refractivity contribution in [3.63, 3.8) is 0 Å². The fourth-order valence-corrected chi connectivity index (χ4v) is 3.17. The van der Waals surface area contributed by atoms with Crippen LogP contribution in [0, 0.1) is 11.3 Å². The number of nitrogens with zero attached hydrogens (tertiary/aromatic N) is 1. The highest BCUT2D eigenvalue weighted by Crippen LogP contribution is 2.58. The highest BCUT2D eigenvalue weighted by molar-refractivity contribution is 7.54. The van der Waals surface area contributed by atoms with Gasteiger partial charge >= 0.3 is 7.60 Å². The van der Waals surface area contributed by atoms with E-state index in [0.717, 1.165) is 0 Å². The van der Waals surface area contributed by atoms with Crippen LogP contribution in [0.4, 0.5) is 0 Å². The van der Waals surface area contributed by atoms with Gasteiger partial charge in [0.2, 0.25) is 0 Å². The van der Waals surface area contributed by atoms with E-state index >= 15 is 0 Å². The Labute approximate surface area is 107 Å². The second kappa shape index (κ2) is 6.67. The zero-order chi connectivity index (χ0) is 13.6. The summed E-state index contributed by atoms with van der Waals surface area (Å²) in [6, 6.07) is 8.65. The highest BCUT2D eigenvalue weighted by Gasteiger charge is 2.33. The zero-order valence-corrected chi connectivity index (χ0v) is 11.4. The van der Waals surface area contributed by atoms with E-state index in [-0.39, 0.29) is 13.2 Å². The molecule has 18 heavy (non-hydrogen) atoms. The number of benzene rings is 1. The molecule has 0 radical (unpaired) electrons. The molecular weight excluding hydrogens is 251 g/mol. The fraction of sp³-hybridized carbons (Fsp3) is 0.417. The molecule has 1 rings (SSSR count). The molecule has 0 fully saturated rings. The summed E-state index contributed by atoms with van der Waals surface area (Å²) in [6.45, 7) is 3.96. The summed E-state index contributed by atoms with van der Waals surface area (Å²) in [7, 11) is -3.39. The largest absolute Gasteiger partial charge is 0.351 e. The van der Waals surface area contributed by atoms with Crippen molar-refractivity contribution in [2.24, 2.45) is 5.73 Å². The van der Waals surface area contributed by atoms with Gasteiger partial charge in [0.05, 0.1) is 24.8 Å². The highest BCUT2D eigenvalue weighted by atomic mass is 31.2. The Morgan fingerprint density at radius 2 is 2.00 bits per heavy atom. The predicted molar refractivity (Wildman–Crippen MR) is 68.9 cm³/mol. The monoisotopic (exact) mass is 268 g/mol. The lowest BCUT2D eigenvalue weighted by molar-refractivity contribution is 0.212. The molecule has 0 aliphatic heterocycles. The van der Waals surface area contributed by atoms with Gasteiger partial charge in [-0.15, -0.1) is 0 Å². The Kier molecular flexibility index (Phi) is 5.52. The van der Waals surface area contributed by atoms with Crippen LogP contribution >= 0.6 is 7.60 Å². The van der Waals surface area contributed by atoms with Gasteiger partial charge in [-0.1, -0.05) is 12.1 Å². The Morgan fingerprint density at radius 1 is 1.39 bits per heavy atom. The third kappa shape index (κ3) is 3.41. The third-order valence-electron chi connectivity index (χ3n) is 2.32. The Bertz CT molecular complexity index is 474. The van der Waals surface area contributed by atoms with Gasteiger partial charge in [0.1, 0.15) is 5.78 Å². The molecule has 0 aliphatic rings. The van der Waals surface area contributed by atoms with Gasteiger partial charge in [-0.05, 0) is 31.5 Å². The summed E-state index contributed by atoms with van der Waals surface area (Å²) in [6.07, 6.45) is 0. The van der Waals surface area contributed by atoms with Gasteiger partial charge in [-0.2, -0.15) is 5.26 Å². The van der Waals surface area contributed by atoms with Crippen molar-refractivity contribution in [3.8, 4) is 6.07 Å². The first-order chi connectivity index (χ1) is 8.57. The van der Waals surface area contributed by atoms with Gasteiger partial charge in [-0.25, -0.2) is 0 Å². The molecule has 1 aromatic carbocycles. The van der Waals surface area contributed by atoms with E-state index in [0.29, 0.717) is 11.1 Å². The number of nitriles is 1. The topological polar surface area (TPSA) is 85.3 Å². The Hall–Kier alpha value is -1.18. The third-order valence-corrected chi connectivity index (χ3v) is 4.53. The van der Waals surface area contributed by atoms with E-state index < -0.39 is 13.4 Å². The van der Waals surface area contributed by atoms with E-state index in [2.05, 4.69) is 0 Å². The molecule has 0 aliphatic carbocycles. The van der Waals surface area contributed by atoms with Gasteiger partial charge < -0.3 is 14.8 Å². The van der Waals surface area contributed by atoms with E-state index in [9.17, 15) is 4.57 Å². The van der Waals surface area contributed by atoms with Crippen molar-refractivity contribution in [3.05, 3.63) is 35.4 Å². The number of hydrogen-bond donors (Lipinski definition) is 1. The lowest BCUT2D eigenvalue weighted by Gasteiger charge is -2.23. The molecule has 2 N–H and O–H groups in total. The van der Waals surface area contributed by atoms with Crippen LogP contribution < -0.4 is 5.73 Å². The van der Waals surface area contributed by atoms with Gasteiger partial charge in [0.15, 0.2) is 0 Å². The maximum absolute atomic E-state index is 12.5. The molecule has 0 heterocycles. The average molecular weight is 268 g/mol. The normalized spacial score (nSPS) is 13.0. The Balaban J connectivity index is 3.05. The second-order valence-electron chi connectivity index (χ2n) is 3.56. The summed E-state index contributed by atoms with van der Waals surface area (Å²) in [4.78, 5) is 0. The summed E-state index contributed by atoms with van der Waals surface area (Å²) < 4.78 is 22.8. The molecule has 0 saturated heterocycles. The molecule has 0 saturated carbocycles. The van der Waals surface area contributed by atoms with E-state index in [4.69, 9.17) is 20.0 Å². The van der Waals surface area contributed by atoms with Crippen LogP contribution in [0.2, 0.25) is 0 Å². The summed E-state index contributed by atoms with van der Waals surface area (Å²) in [5.41, 5.74) is 6.98. The number of rotatable bonds is 6. The summed E-state index contributed by atoms with van der Waals surface area (Å²) in [5.74, 6) is -0.884. The minimum Gasteiger partial charge on any atom is -0.314 e. The molecule has 6 heteroatoms. The fourth-order valence-electron chi connectivity index (χ4n) is 1.53. The molecule has 5 nitrogen and oxygen atoms in total. The molecule has 0 aromatic heterocycles. The van der Waals surface area contributed by atoms with Crippen molar-refractivity contribution in [2.45, 2.75) is 19.6 Å². The maximum atomic E-state index is 12.5. The summed E-state index contributed by atoms with van der Waals surface area (Å²) in [5, 5.41) is 8.83. The van der Waals surface area contributed by atoms with Crippen LogP contribution in [0.25, 0.3) is 0 Å². The van der Waals surface area contributed by atoms with E-state index in [1.807, 2.05) is 6.07 Å². The van der Waals surface area contributed by atoms with Gasteiger partial charge in [0.25, 0.3) is 0 Å². The van der Waals surface area contributed by atoms with E-state index in [1.165, 1.54) is 0 Å². The molecule has 1 atom stereocenters. The lowest BCUT2D eigenvalue weighted by Crippen LogP contribution is -2.15. The minimum atomic E-state index is -3.39. The molecule has 0 unspecified atom stereocenters. The molecule has 1 aromatic rings. The van der Waals surface area contributed by atoms with Crippen LogP contribution in [0.15, 0.2) is 24.3 Å². The maximum Gasteiger partial charge on any atom is 0.351 e. The molecule has 0 bridgehead atoms. The zero-order valence-electron chi connectivity index (χ0n) is 10.5. The summed E-state index contributed by atoms with van der Waals surface area (Å²) >= 11 is 0. The smallest absolute Gasteiger partial charge is 0.314 e. The molecule has 0 spiro atoms. The van der Waals surface area contributed by atoms with Crippen LogP contribution in [0.3, 0.4) is 0 Å². The number of hydrogen-bond acceptors (Lipinski definition) is 5. The van der Waals surface area contributed by atoms with Crippen LogP contribution in [-0.2, 0) is 13.6 Å². The van der Waals surface area contributed by atoms with Crippen molar-refractivity contribution in [1.82, 2.24) is 0 Å².